The van der Waals surface area contributed by atoms with Gasteiger partial charge in [0, 0.05) is 19.1 Å². The van der Waals surface area contributed by atoms with E-state index in [-0.39, 0.29) is 0 Å². The normalized spacial score (nSPS) is 36.8. The molecule has 2 N–H and O–H groups in total. The van der Waals surface area contributed by atoms with Crippen molar-refractivity contribution in [3.05, 3.63) is 0 Å². The summed E-state index contributed by atoms with van der Waals surface area (Å²) in [4.78, 5) is 2.56. The molecule has 0 aromatic heterocycles. The fourth-order valence-electron chi connectivity index (χ4n) is 4.26. The van der Waals surface area contributed by atoms with Gasteiger partial charge in [-0.3, -0.25) is 4.90 Å². The van der Waals surface area contributed by atoms with E-state index in [1.807, 2.05) is 0 Å². The molecule has 2 rings (SSSR count). The van der Waals surface area contributed by atoms with Crippen molar-refractivity contribution in [2.24, 2.45) is 11.3 Å². The summed E-state index contributed by atoms with van der Waals surface area (Å²) in [6.45, 7) is 9.55. The standard InChI is InChI=1S/C16H32N2O/c1-3-17-12-16(8-4-6-14(2)10-16)13-18-9-5-7-15(18)11-19/h14-15,17,19H,3-13H2,1-2H3. The summed E-state index contributed by atoms with van der Waals surface area (Å²) in [6, 6.07) is 0.427. The highest BCUT2D eigenvalue weighted by Gasteiger charge is 2.38. The van der Waals surface area contributed by atoms with Crippen molar-refractivity contribution < 1.29 is 5.11 Å². The van der Waals surface area contributed by atoms with E-state index in [9.17, 15) is 5.11 Å². The Bertz CT molecular complexity index is 271. The summed E-state index contributed by atoms with van der Waals surface area (Å²) < 4.78 is 0. The third-order valence-electron chi connectivity index (χ3n) is 5.18. The predicted molar refractivity (Wildman–Crippen MR) is 80.3 cm³/mol. The quantitative estimate of drug-likeness (QED) is 0.775. The van der Waals surface area contributed by atoms with Crippen LogP contribution < -0.4 is 5.32 Å². The van der Waals surface area contributed by atoms with Gasteiger partial charge in [0.25, 0.3) is 0 Å². The molecular weight excluding hydrogens is 236 g/mol. The minimum absolute atomic E-state index is 0.340. The SMILES string of the molecule is CCNCC1(CN2CCCC2CO)CCCC(C)C1. The molecule has 0 bridgehead atoms. The number of likely N-dealkylation sites (tertiary alicyclic amines) is 1. The molecule has 0 aromatic rings. The maximum Gasteiger partial charge on any atom is 0.0586 e. The zero-order valence-corrected chi connectivity index (χ0v) is 12.8. The summed E-state index contributed by atoms with van der Waals surface area (Å²) in [5, 5.41) is 13.1. The van der Waals surface area contributed by atoms with Crippen molar-refractivity contribution in [1.82, 2.24) is 10.2 Å². The first-order chi connectivity index (χ1) is 9.19. The van der Waals surface area contributed by atoms with Gasteiger partial charge in [-0.2, -0.15) is 0 Å². The lowest BCUT2D eigenvalue weighted by atomic mass is 9.69. The molecule has 3 atom stereocenters. The lowest BCUT2D eigenvalue weighted by Gasteiger charge is -2.44. The van der Waals surface area contributed by atoms with Crippen molar-refractivity contribution in [2.45, 2.75) is 58.4 Å². The van der Waals surface area contributed by atoms with Gasteiger partial charge in [-0.15, -0.1) is 0 Å². The Kier molecular flexibility index (Phi) is 5.67. The molecule has 1 aliphatic heterocycles. The first-order valence-corrected chi connectivity index (χ1v) is 8.25. The van der Waals surface area contributed by atoms with Crippen LogP contribution in [0.1, 0.15) is 52.4 Å². The van der Waals surface area contributed by atoms with Crippen LogP contribution in [0.5, 0.6) is 0 Å². The van der Waals surface area contributed by atoms with Gasteiger partial charge in [-0.05, 0) is 50.1 Å². The Labute approximate surface area is 118 Å². The third-order valence-corrected chi connectivity index (χ3v) is 5.18. The van der Waals surface area contributed by atoms with Crippen molar-refractivity contribution in [1.29, 1.82) is 0 Å². The van der Waals surface area contributed by atoms with Gasteiger partial charge in [0.2, 0.25) is 0 Å². The molecule has 3 heteroatoms. The molecule has 3 unspecified atom stereocenters. The molecule has 19 heavy (non-hydrogen) atoms. The molecule has 1 aliphatic carbocycles. The largest absolute Gasteiger partial charge is 0.395 e. The molecule has 1 heterocycles. The van der Waals surface area contributed by atoms with Gasteiger partial charge in [-0.25, -0.2) is 0 Å². The van der Waals surface area contributed by atoms with Crippen LogP contribution in [-0.2, 0) is 0 Å². The molecule has 0 amide bonds. The second-order valence-electron chi connectivity index (χ2n) is 6.93. The minimum atomic E-state index is 0.340. The van der Waals surface area contributed by atoms with Crippen LogP contribution in [0.15, 0.2) is 0 Å². The first kappa shape index (κ1) is 15.3. The van der Waals surface area contributed by atoms with Crippen LogP contribution in [0.2, 0.25) is 0 Å². The summed E-state index contributed by atoms with van der Waals surface area (Å²) in [6.07, 6.45) is 7.94. The van der Waals surface area contributed by atoms with Crippen molar-refractivity contribution >= 4 is 0 Å². The summed E-state index contributed by atoms with van der Waals surface area (Å²) in [5.41, 5.74) is 0.450. The van der Waals surface area contributed by atoms with Crippen LogP contribution in [0.25, 0.3) is 0 Å². The van der Waals surface area contributed by atoms with Gasteiger partial charge in [0.05, 0.1) is 6.61 Å². The Hall–Kier alpha value is -0.120. The maximum absolute atomic E-state index is 9.52. The number of aliphatic hydroxyl groups excluding tert-OH is 1. The second-order valence-corrected chi connectivity index (χ2v) is 6.93. The van der Waals surface area contributed by atoms with Crippen LogP contribution in [0, 0.1) is 11.3 Å². The molecule has 112 valence electrons. The second kappa shape index (κ2) is 7.05. The van der Waals surface area contributed by atoms with Crippen LogP contribution in [0.4, 0.5) is 0 Å². The van der Waals surface area contributed by atoms with Crippen molar-refractivity contribution in [3.63, 3.8) is 0 Å². The summed E-state index contributed by atoms with van der Waals surface area (Å²) >= 11 is 0. The average Bonchev–Trinajstić information content (AvgIpc) is 2.83. The van der Waals surface area contributed by atoms with Crippen molar-refractivity contribution in [2.75, 3.05) is 32.8 Å². The van der Waals surface area contributed by atoms with E-state index >= 15 is 0 Å². The minimum Gasteiger partial charge on any atom is -0.395 e. The Morgan fingerprint density at radius 2 is 2.16 bits per heavy atom. The van der Waals surface area contributed by atoms with E-state index < -0.39 is 0 Å². The molecule has 0 radical (unpaired) electrons. The predicted octanol–water partition coefficient (Wildman–Crippen LogP) is 2.25. The first-order valence-electron chi connectivity index (χ1n) is 8.25. The highest BCUT2D eigenvalue weighted by molar-refractivity contribution is 4.92. The maximum atomic E-state index is 9.52. The Morgan fingerprint density at radius 1 is 1.32 bits per heavy atom. The van der Waals surface area contributed by atoms with E-state index in [2.05, 4.69) is 24.1 Å². The lowest BCUT2D eigenvalue weighted by molar-refractivity contribution is 0.0589. The molecular formula is C16H32N2O. The number of aliphatic hydroxyl groups is 1. The molecule has 1 saturated heterocycles. The van der Waals surface area contributed by atoms with Gasteiger partial charge in [-0.1, -0.05) is 26.7 Å². The number of nitrogens with one attached hydrogen (secondary N) is 1. The van der Waals surface area contributed by atoms with Gasteiger partial charge >= 0.3 is 0 Å². The fourth-order valence-corrected chi connectivity index (χ4v) is 4.26. The number of hydrogen-bond acceptors (Lipinski definition) is 3. The Balaban J connectivity index is 2.00. The van der Waals surface area contributed by atoms with Gasteiger partial charge < -0.3 is 10.4 Å². The van der Waals surface area contributed by atoms with E-state index in [0.717, 1.165) is 19.0 Å². The van der Waals surface area contributed by atoms with E-state index in [0.29, 0.717) is 18.1 Å². The van der Waals surface area contributed by atoms with E-state index in [4.69, 9.17) is 0 Å². The highest BCUT2D eigenvalue weighted by atomic mass is 16.3. The topological polar surface area (TPSA) is 35.5 Å². The molecule has 3 nitrogen and oxygen atoms in total. The molecule has 0 aromatic carbocycles. The summed E-state index contributed by atoms with van der Waals surface area (Å²) in [5.74, 6) is 0.864. The van der Waals surface area contributed by atoms with Crippen LogP contribution in [0.3, 0.4) is 0 Å². The zero-order valence-electron chi connectivity index (χ0n) is 12.8. The molecule has 2 fully saturated rings. The lowest BCUT2D eigenvalue weighted by Crippen LogP contribution is -2.48. The molecule has 0 spiro atoms. The number of hydrogen-bond donors (Lipinski definition) is 2. The Morgan fingerprint density at radius 3 is 2.84 bits per heavy atom. The molecule has 1 saturated carbocycles. The van der Waals surface area contributed by atoms with Crippen LogP contribution >= 0.6 is 0 Å². The molecule has 2 aliphatic rings. The fraction of sp³-hybridized carbons (Fsp3) is 1.00. The van der Waals surface area contributed by atoms with E-state index in [1.165, 1.54) is 51.6 Å². The monoisotopic (exact) mass is 268 g/mol. The third kappa shape index (κ3) is 3.93. The smallest absolute Gasteiger partial charge is 0.0586 e. The number of nitrogens with zero attached hydrogens (tertiary/aromatic N) is 1. The van der Waals surface area contributed by atoms with Crippen molar-refractivity contribution in [3.8, 4) is 0 Å². The number of rotatable bonds is 6. The summed E-state index contributed by atoms with van der Waals surface area (Å²) in [7, 11) is 0. The zero-order chi connectivity index (χ0) is 13.7. The highest BCUT2D eigenvalue weighted by Crippen LogP contribution is 2.40. The average molecular weight is 268 g/mol. The van der Waals surface area contributed by atoms with Crippen LogP contribution in [-0.4, -0.2) is 48.8 Å². The van der Waals surface area contributed by atoms with Gasteiger partial charge in [0.15, 0.2) is 0 Å². The van der Waals surface area contributed by atoms with E-state index in [1.54, 1.807) is 0 Å². The van der Waals surface area contributed by atoms with Gasteiger partial charge in [0.1, 0.15) is 0 Å².